The number of nitrogens with one attached hydrogen (secondary N) is 1. The summed E-state index contributed by atoms with van der Waals surface area (Å²) in [4.78, 5) is 23.4. The first-order chi connectivity index (χ1) is 9.29. The lowest BCUT2D eigenvalue weighted by Gasteiger charge is -2.21. The van der Waals surface area contributed by atoms with E-state index in [9.17, 15) is 14.2 Å². The van der Waals surface area contributed by atoms with Crippen molar-refractivity contribution in [3.63, 3.8) is 0 Å². The Balaban J connectivity index is 4.73. The van der Waals surface area contributed by atoms with E-state index in [2.05, 4.69) is 10.1 Å². The summed E-state index contributed by atoms with van der Waals surface area (Å²) in [7, 11) is -2.22. The van der Waals surface area contributed by atoms with E-state index in [0.29, 0.717) is 0 Å². The molecule has 1 N–H and O–H groups in total. The van der Waals surface area contributed by atoms with Gasteiger partial charge in [-0.2, -0.15) is 0 Å². The molecule has 0 heterocycles. The highest BCUT2D eigenvalue weighted by Crippen LogP contribution is 2.47. The molecule has 0 aromatic rings. The SMILES string of the molecule is CCOP(=O)(CC(=O)NC(C(=O)OC)C(C)C)OCC. The van der Waals surface area contributed by atoms with Crippen LogP contribution in [0.15, 0.2) is 0 Å². The van der Waals surface area contributed by atoms with Crippen LogP contribution < -0.4 is 5.32 Å². The number of hydrogen-bond acceptors (Lipinski definition) is 6. The van der Waals surface area contributed by atoms with Crippen molar-refractivity contribution in [1.82, 2.24) is 5.32 Å². The molecule has 0 saturated heterocycles. The summed E-state index contributed by atoms with van der Waals surface area (Å²) >= 11 is 0. The lowest BCUT2D eigenvalue weighted by Crippen LogP contribution is -2.46. The fourth-order valence-electron chi connectivity index (χ4n) is 1.54. The van der Waals surface area contributed by atoms with E-state index in [1.54, 1.807) is 27.7 Å². The Kier molecular flexibility index (Phi) is 8.69. The molecule has 0 aliphatic heterocycles. The molecule has 0 radical (unpaired) electrons. The lowest BCUT2D eigenvalue weighted by atomic mass is 10.1. The minimum absolute atomic E-state index is 0.148. The van der Waals surface area contributed by atoms with Crippen LogP contribution in [-0.2, 0) is 27.9 Å². The molecule has 0 aromatic heterocycles. The zero-order chi connectivity index (χ0) is 15.8. The molecule has 1 amide bonds. The van der Waals surface area contributed by atoms with Gasteiger partial charge in [0.05, 0.1) is 20.3 Å². The molecule has 7 nitrogen and oxygen atoms in total. The van der Waals surface area contributed by atoms with E-state index >= 15 is 0 Å². The van der Waals surface area contributed by atoms with Crippen LogP contribution in [0.5, 0.6) is 0 Å². The van der Waals surface area contributed by atoms with Crippen molar-refractivity contribution in [2.24, 2.45) is 5.92 Å². The fraction of sp³-hybridized carbons (Fsp3) is 0.833. The van der Waals surface area contributed by atoms with Crippen molar-refractivity contribution in [1.29, 1.82) is 0 Å². The van der Waals surface area contributed by atoms with E-state index in [0.717, 1.165) is 0 Å². The Morgan fingerprint density at radius 2 is 1.65 bits per heavy atom. The highest BCUT2D eigenvalue weighted by Gasteiger charge is 2.31. The summed E-state index contributed by atoms with van der Waals surface area (Å²) in [5.74, 6) is -1.26. The van der Waals surface area contributed by atoms with Crippen molar-refractivity contribution in [3.8, 4) is 0 Å². The number of amides is 1. The van der Waals surface area contributed by atoms with Gasteiger partial charge in [0.1, 0.15) is 12.2 Å². The highest BCUT2D eigenvalue weighted by molar-refractivity contribution is 7.54. The van der Waals surface area contributed by atoms with Gasteiger partial charge in [-0.3, -0.25) is 9.36 Å². The summed E-state index contributed by atoms with van der Waals surface area (Å²) in [6, 6.07) is -0.788. The third-order valence-electron chi connectivity index (χ3n) is 2.43. The maximum atomic E-state index is 12.2. The Bertz CT molecular complexity index is 361. The van der Waals surface area contributed by atoms with Gasteiger partial charge in [0.2, 0.25) is 5.91 Å². The molecule has 0 fully saturated rings. The maximum Gasteiger partial charge on any atom is 0.340 e. The summed E-state index contributed by atoms with van der Waals surface area (Å²) in [5, 5.41) is 2.49. The third kappa shape index (κ3) is 6.50. The first-order valence-electron chi connectivity index (χ1n) is 6.55. The third-order valence-corrected chi connectivity index (χ3v) is 4.40. The molecule has 0 spiro atoms. The van der Waals surface area contributed by atoms with Gasteiger partial charge in [-0.05, 0) is 19.8 Å². The van der Waals surface area contributed by atoms with Gasteiger partial charge < -0.3 is 19.1 Å². The topological polar surface area (TPSA) is 90.9 Å². The average Bonchev–Trinajstić information content (AvgIpc) is 2.34. The first kappa shape index (κ1) is 19.1. The summed E-state index contributed by atoms with van der Waals surface area (Å²) < 4.78 is 26.9. The Labute approximate surface area is 119 Å². The maximum absolute atomic E-state index is 12.2. The summed E-state index contributed by atoms with van der Waals surface area (Å²) in [6.45, 7) is 7.22. The predicted molar refractivity (Wildman–Crippen MR) is 74.5 cm³/mol. The zero-order valence-corrected chi connectivity index (χ0v) is 13.6. The molecular weight excluding hydrogens is 285 g/mol. The van der Waals surface area contributed by atoms with Gasteiger partial charge >= 0.3 is 13.6 Å². The van der Waals surface area contributed by atoms with Crippen LogP contribution in [0.3, 0.4) is 0 Å². The van der Waals surface area contributed by atoms with Gasteiger partial charge in [0.15, 0.2) is 0 Å². The second-order valence-corrected chi connectivity index (χ2v) is 6.47. The monoisotopic (exact) mass is 309 g/mol. The van der Waals surface area contributed by atoms with Crippen molar-refractivity contribution in [3.05, 3.63) is 0 Å². The summed E-state index contributed by atoms with van der Waals surface area (Å²) in [5.41, 5.74) is 0. The molecule has 0 bridgehead atoms. The summed E-state index contributed by atoms with van der Waals surface area (Å²) in [6.07, 6.45) is -0.422. The van der Waals surface area contributed by atoms with Crippen molar-refractivity contribution in [2.75, 3.05) is 26.5 Å². The normalized spacial score (nSPS) is 13.1. The number of esters is 1. The van der Waals surface area contributed by atoms with Crippen LogP contribution in [0.25, 0.3) is 0 Å². The van der Waals surface area contributed by atoms with Crippen LogP contribution in [0.2, 0.25) is 0 Å². The van der Waals surface area contributed by atoms with Crippen LogP contribution in [0.1, 0.15) is 27.7 Å². The number of methoxy groups -OCH3 is 1. The van der Waals surface area contributed by atoms with Crippen LogP contribution >= 0.6 is 7.60 Å². The van der Waals surface area contributed by atoms with Crippen molar-refractivity contribution in [2.45, 2.75) is 33.7 Å². The molecule has 1 atom stereocenters. The van der Waals surface area contributed by atoms with Gasteiger partial charge in [-0.1, -0.05) is 13.8 Å². The Morgan fingerprint density at radius 3 is 2.00 bits per heavy atom. The smallest absolute Gasteiger partial charge is 0.340 e. The van der Waals surface area contributed by atoms with E-state index in [1.807, 2.05) is 0 Å². The molecule has 0 aliphatic rings. The van der Waals surface area contributed by atoms with Gasteiger partial charge in [0.25, 0.3) is 0 Å². The molecule has 20 heavy (non-hydrogen) atoms. The molecule has 0 rings (SSSR count). The molecule has 0 saturated carbocycles. The average molecular weight is 309 g/mol. The van der Waals surface area contributed by atoms with E-state index < -0.39 is 31.7 Å². The molecule has 8 heteroatoms. The van der Waals surface area contributed by atoms with Gasteiger partial charge in [-0.25, -0.2) is 4.79 Å². The fourth-order valence-corrected chi connectivity index (χ4v) is 3.03. The Morgan fingerprint density at radius 1 is 1.15 bits per heavy atom. The van der Waals surface area contributed by atoms with E-state index in [-0.39, 0.29) is 19.1 Å². The standard InChI is InChI=1S/C12H24NO6P/c1-6-18-20(16,19-7-2)8-10(14)13-11(9(3)4)12(15)17-5/h9,11H,6-8H2,1-5H3,(H,13,14). The number of hydrogen-bond donors (Lipinski definition) is 1. The quantitative estimate of drug-likeness (QED) is 0.513. The molecular formula is C12H24NO6P. The second kappa shape index (κ2) is 9.10. The zero-order valence-electron chi connectivity index (χ0n) is 12.7. The van der Waals surface area contributed by atoms with Crippen LogP contribution in [0.4, 0.5) is 0 Å². The van der Waals surface area contributed by atoms with Gasteiger partial charge in [0, 0.05) is 0 Å². The number of ether oxygens (including phenoxy) is 1. The predicted octanol–water partition coefficient (Wildman–Crippen LogP) is 1.57. The van der Waals surface area contributed by atoms with Crippen LogP contribution in [-0.4, -0.2) is 44.4 Å². The molecule has 118 valence electrons. The minimum atomic E-state index is -3.46. The van der Waals surface area contributed by atoms with E-state index in [1.165, 1.54) is 7.11 Å². The molecule has 0 aliphatic carbocycles. The number of rotatable bonds is 9. The second-order valence-electron chi connectivity index (χ2n) is 4.42. The Hall–Kier alpha value is -0.910. The minimum Gasteiger partial charge on any atom is -0.467 e. The largest absolute Gasteiger partial charge is 0.467 e. The molecule has 1 unspecified atom stereocenters. The molecule has 0 aromatic carbocycles. The van der Waals surface area contributed by atoms with Crippen molar-refractivity contribution < 1.29 is 27.9 Å². The van der Waals surface area contributed by atoms with Crippen LogP contribution in [0, 0.1) is 5.92 Å². The van der Waals surface area contributed by atoms with Gasteiger partial charge in [-0.15, -0.1) is 0 Å². The van der Waals surface area contributed by atoms with E-state index in [4.69, 9.17) is 9.05 Å². The lowest BCUT2D eigenvalue weighted by molar-refractivity contribution is -0.146. The number of carbonyl (C=O) groups excluding carboxylic acids is 2. The number of carbonyl (C=O) groups is 2. The highest BCUT2D eigenvalue weighted by atomic mass is 31.2. The van der Waals surface area contributed by atoms with Crippen molar-refractivity contribution >= 4 is 19.5 Å². The first-order valence-corrected chi connectivity index (χ1v) is 8.27.